The number of hydrogen-bond acceptors (Lipinski definition) is 3. The summed E-state index contributed by atoms with van der Waals surface area (Å²) in [7, 11) is 0. The molecule has 0 bridgehead atoms. The van der Waals surface area contributed by atoms with Gasteiger partial charge in [0, 0.05) is 0 Å². The van der Waals surface area contributed by atoms with E-state index in [4.69, 9.17) is 16.7 Å². The first-order valence-corrected chi connectivity index (χ1v) is 6.63. The van der Waals surface area contributed by atoms with Gasteiger partial charge in [-0.05, 0) is 30.0 Å². The van der Waals surface area contributed by atoms with Crippen LogP contribution in [0.25, 0.3) is 0 Å². The van der Waals surface area contributed by atoms with Crippen LogP contribution in [0.4, 0.5) is 5.00 Å². The number of benzene rings is 1. The smallest absolute Gasteiger partial charge is 0.338 e. The van der Waals surface area contributed by atoms with Gasteiger partial charge in [0.05, 0.1) is 16.1 Å². The minimum atomic E-state index is -1.08. The number of carbonyl (C=O) groups is 2. The van der Waals surface area contributed by atoms with Crippen molar-refractivity contribution >= 4 is 39.8 Å². The summed E-state index contributed by atoms with van der Waals surface area (Å²) in [6.07, 6.45) is 0. The number of nitrogens with one attached hydrogen (secondary N) is 1. The van der Waals surface area contributed by atoms with E-state index in [9.17, 15) is 9.59 Å². The molecule has 1 heterocycles. The molecule has 2 rings (SSSR count). The molecule has 1 aromatic heterocycles. The summed E-state index contributed by atoms with van der Waals surface area (Å²) >= 11 is 7.21. The number of carboxylic acid groups (broad SMARTS) is 1. The number of thiophene rings is 1. The van der Waals surface area contributed by atoms with Crippen LogP contribution in [-0.4, -0.2) is 17.0 Å². The van der Waals surface area contributed by atoms with E-state index in [2.05, 4.69) is 5.32 Å². The van der Waals surface area contributed by atoms with Gasteiger partial charge in [-0.3, -0.25) is 4.79 Å². The molecule has 0 saturated heterocycles. The Morgan fingerprint density at radius 1 is 1.26 bits per heavy atom. The molecule has 2 N–H and O–H groups in total. The molecule has 0 aliphatic heterocycles. The Balaban J connectivity index is 2.29. The van der Waals surface area contributed by atoms with Crippen LogP contribution in [0.3, 0.4) is 0 Å². The molecule has 19 heavy (non-hydrogen) atoms. The molecular weight excluding hydrogens is 286 g/mol. The highest BCUT2D eigenvalue weighted by molar-refractivity contribution is 7.14. The first-order valence-electron chi connectivity index (χ1n) is 5.38. The lowest BCUT2D eigenvalue weighted by atomic mass is 10.1. The summed E-state index contributed by atoms with van der Waals surface area (Å²) in [5.41, 5.74) is 1.19. The zero-order valence-electron chi connectivity index (χ0n) is 9.94. The topological polar surface area (TPSA) is 66.4 Å². The van der Waals surface area contributed by atoms with Crippen molar-refractivity contribution in [1.29, 1.82) is 0 Å². The fourth-order valence-electron chi connectivity index (χ4n) is 1.57. The highest BCUT2D eigenvalue weighted by Crippen LogP contribution is 2.26. The van der Waals surface area contributed by atoms with Crippen LogP contribution in [0.5, 0.6) is 0 Å². The molecule has 0 aliphatic rings. The molecule has 0 aliphatic carbocycles. The number of rotatable bonds is 3. The largest absolute Gasteiger partial charge is 0.478 e. The Morgan fingerprint density at radius 2 is 2.00 bits per heavy atom. The second kappa shape index (κ2) is 5.42. The maximum absolute atomic E-state index is 12.1. The highest BCUT2D eigenvalue weighted by atomic mass is 35.5. The number of hydrogen-bond donors (Lipinski definition) is 2. The minimum Gasteiger partial charge on any atom is -0.478 e. The molecule has 0 unspecified atom stereocenters. The summed E-state index contributed by atoms with van der Waals surface area (Å²) in [4.78, 5) is 23.0. The third-order valence-electron chi connectivity index (χ3n) is 2.56. The number of aryl methyl sites for hydroxylation is 1. The van der Waals surface area contributed by atoms with E-state index in [0.717, 1.165) is 16.9 Å². The van der Waals surface area contributed by atoms with Crippen molar-refractivity contribution in [2.75, 3.05) is 5.32 Å². The average molecular weight is 296 g/mol. The van der Waals surface area contributed by atoms with E-state index < -0.39 is 11.9 Å². The molecule has 0 saturated carbocycles. The number of aromatic carboxylic acids is 1. The van der Waals surface area contributed by atoms with Crippen LogP contribution in [0.1, 0.15) is 26.3 Å². The first-order chi connectivity index (χ1) is 9.00. The number of carbonyl (C=O) groups excluding carboxylic acids is 1. The van der Waals surface area contributed by atoms with Crippen molar-refractivity contribution in [3.63, 3.8) is 0 Å². The normalized spacial score (nSPS) is 10.2. The van der Waals surface area contributed by atoms with Crippen LogP contribution >= 0.6 is 22.9 Å². The average Bonchev–Trinajstić information content (AvgIpc) is 2.80. The summed E-state index contributed by atoms with van der Waals surface area (Å²) < 4.78 is 0. The zero-order chi connectivity index (χ0) is 14.0. The number of carboxylic acids is 1. The van der Waals surface area contributed by atoms with Crippen LogP contribution in [0.2, 0.25) is 5.02 Å². The lowest BCUT2D eigenvalue weighted by Gasteiger charge is -2.07. The van der Waals surface area contributed by atoms with Gasteiger partial charge in [-0.2, -0.15) is 0 Å². The fourth-order valence-corrected chi connectivity index (χ4v) is 2.55. The minimum absolute atomic E-state index is 0.0714. The predicted octanol–water partition coefficient (Wildman–Crippen LogP) is 3.66. The van der Waals surface area contributed by atoms with E-state index in [1.807, 2.05) is 0 Å². The SMILES string of the molecule is Cc1cccc(C(=O)Nc2sccc2C(=O)O)c1Cl. The molecule has 4 nitrogen and oxygen atoms in total. The summed E-state index contributed by atoms with van der Waals surface area (Å²) in [6.45, 7) is 1.80. The molecule has 0 atom stereocenters. The number of halogens is 1. The lowest BCUT2D eigenvalue weighted by Crippen LogP contribution is -2.14. The van der Waals surface area contributed by atoms with Crippen LogP contribution < -0.4 is 5.32 Å². The highest BCUT2D eigenvalue weighted by Gasteiger charge is 2.17. The van der Waals surface area contributed by atoms with Gasteiger partial charge in [-0.15, -0.1) is 11.3 Å². The van der Waals surface area contributed by atoms with Gasteiger partial charge in [0.1, 0.15) is 5.00 Å². The Bertz CT molecular complexity index is 651. The van der Waals surface area contributed by atoms with Gasteiger partial charge in [0.2, 0.25) is 0 Å². The fraction of sp³-hybridized carbons (Fsp3) is 0.0769. The molecule has 98 valence electrons. The van der Waals surface area contributed by atoms with E-state index in [1.165, 1.54) is 6.07 Å². The van der Waals surface area contributed by atoms with Crippen molar-refractivity contribution < 1.29 is 14.7 Å². The Morgan fingerprint density at radius 3 is 2.68 bits per heavy atom. The van der Waals surface area contributed by atoms with Gasteiger partial charge in [0.15, 0.2) is 0 Å². The first kappa shape index (κ1) is 13.6. The molecule has 2 aromatic rings. The summed E-state index contributed by atoms with van der Waals surface area (Å²) in [5.74, 6) is -1.49. The Kier molecular flexibility index (Phi) is 3.87. The quantitative estimate of drug-likeness (QED) is 0.908. The van der Waals surface area contributed by atoms with Crippen molar-refractivity contribution in [2.45, 2.75) is 6.92 Å². The third kappa shape index (κ3) is 2.77. The number of anilines is 1. The molecule has 0 fully saturated rings. The summed E-state index contributed by atoms with van der Waals surface area (Å²) in [5, 5.41) is 13.8. The van der Waals surface area contributed by atoms with E-state index >= 15 is 0 Å². The van der Waals surface area contributed by atoms with Gasteiger partial charge >= 0.3 is 5.97 Å². The van der Waals surface area contributed by atoms with Crippen LogP contribution in [0, 0.1) is 6.92 Å². The maximum Gasteiger partial charge on any atom is 0.338 e. The van der Waals surface area contributed by atoms with Gasteiger partial charge in [-0.1, -0.05) is 23.7 Å². The van der Waals surface area contributed by atoms with Gasteiger partial charge < -0.3 is 10.4 Å². The predicted molar refractivity (Wildman–Crippen MR) is 75.4 cm³/mol. The van der Waals surface area contributed by atoms with E-state index in [0.29, 0.717) is 15.6 Å². The van der Waals surface area contributed by atoms with E-state index in [-0.39, 0.29) is 5.56 Å². The lowest BCUT2D eigenvalue weighted by molar-refractivity contribution is 0.0698. The van der Waals surface area contributed by atoms with Crippen molar-refractivity contribution in [3.8, 4) is 0 Å². The standard InChI is InChI=1S/C13H10ClNO3S/c1-7-3-2-4-8(10(7)14)11(16)15-12-9(13(17)18)5-6-19-12/h2-6H,1H3,(H,15,16)(H,17,18). The molecule has 6 heteroatoms. The monoisotopic (exact) mass is 295 g/mol. The summed E-state index contributed by atoms with van der Waals surface area (Å²) in [6, 6.07) is 6.56. The molecule has 1 amide bonds. The van der Waals surface area contributed by atoms with Crippen molar-refractivity contribution in [2.24, 2.45) is 0 Å². The van der Waals surface area contributed by atoms with Gasteiger partial charge in [-0.25, -0.2) is 4.79 Å². The maximum atomic E-state index is 12.1. The zero-order valence-corrected chi connectivity index (χ0v) is 11.5. The van der Waals surface area contributed by atoms with Crippen molar-refractivity contribution in [3.05, 3.63) is 51.4 Å². The third-order valence-corrected chi connectivity index (χ3v) is 3.89. The van der Waals surface area contributed by atoms with Crippen LogP contribution in [-0.2, 0) is 0 Å². The van der Waals surface area contributed by atoms with Crippen molar-refractivity contribution in [1.82, 2.24) is 0 Å². The van der Waals surface area contributed by atoms with Gasteiger partial charge in [0.25, 0.3) is 5.91 Å². The molecule has 0 spiro atoms. The number of amides is 1. The van der Waals surface area contributed by atoms with Crippen LogP contribution in [0.15, 0.2) is 29.6 Å². The Hall–Kier alpha value is -1.85. The molecule has 0 radical (unpaired) electrons. The van der Waals surface area contributed by atoms with E-state index in [1.54, 1.807) is 30.5 Å². The second-order valence-electron chi connectivity index (χ2n) is 3.86. The molecule has 1 aromatic carbocycles. The molecular formula is C13H10ClNO3S. The Labute approximate surface area is 118 Å². The second-order valence-corrected chi connectivity index (χ2v) is 5.15.